The highest BCUT2D eigenvalue weighted by molar-refractivity contribution is 5.95. The van der Waals surface area contributed by atoms with Crippen molar-refractivity contribution in [2.75, 3.05) is 25.0 Å². The fraction of sp³-hybridized carbons (Fsp3) is 0.467. The third-order valence-corrected chi connectivity index (χ3v) is 2.98. The Morgan fingerprint density at radius 1 is 1.05 bits per heavy atom. The Labute approximate surface area is 120 Å². The number of hydrogen-bond donors (Lipinski definition) is 2. The van der Waals surface area contributed by atoms with E-state index in [-0.39, 0.29) is 11.9 Å². The third-order valence-electron chi connectivity index (χ3n) is 2.98. The Morgan fingerprint density at radius 2 is 1.65 bits per heavy atom. The van der Waals surface area contributed by atoms with Crippen LogP contribution in [-0.4, -0.2) is 36.5 Å². The van der Waals surface area contributed by atoms with Gasteiger partial charge >= 0.3 is 6.03 Å². The molecule has 0 aliphatic rings. The maximum absolute atomic E-state index is 12.1. The lowest BCUT2D eigenvalue weighted by Crippen LogP contribution is -2.30. The molecule has 0 radical (unpaired) electrons. The lowest BCUT2D eigenvalue weighted by molar-refractivity contribution is 0.0773. The molecule has 0 heterocycles. The molecule has 0 saturated heterocycles. The van der Waals surface area contributed by atoms with Crippen LogP contribution in [0.5, 0.6) is 0 Å². The van der Waals surface area contributed by atoms with Gasteiger partial charge in [0.05, 0.1) is 0 Å². The van der Waals surface area contributed by atoms with E-state index in [0.717, 1.165) is 6.42 Å². The summed E-state index contributed by atoms with van der Waals surface area (Å²) in [5, 5.41) is 5.45. The second-order valence-corrected chi connectivity index (χ2v) is 4.44. The summed E-state index contributed by atoms with van der Waals surface area (Å²) >= 11 is 0. The molecular formula is C15H23N3O2. The minimum Gasteiger partial charge on any atom is -0.339 e. The maximum atomic E-state index is 12.1. The molecule has 0 bridgehead atoms. The first-order chi connectivity index (χ1) is 9.62. The summed E-state index contributed by atoms with van der Waals surface area (Å²) in [5.41, 5.74) is 1.31. The van der Waals surface area contributed by atoms with Crippen molar-refractivity contribution in [3.8, 4) is 0 Å². The van der Waals surface area contributed by atoms with Gasteiger partial charge in [-0.25, -0.2) is 4.79 Å². The van der Waals surface area contributed by atoms with Gasteiger partial charge in [-0.2, -0.15) is 0 Å². The molecule has 20 heavy (non-hydrogen) atoms. The molecule has 1 rings (SSSR count). The van der Waals surface area contributed by atoms with Crippen LogP contribution >= 0.6 is 0 Å². The monoisotopic (exact) mass is 277 g/mol. The lowest BCUT2D eigenvalue weighted by Gasteiger charge is -2.18. The predicted molar refractivity (Wildman–Crippen MR) is 81.0 cm³/mol. The van der Waals surface area contributed by atoms with Crippen LogP contribution in [-0.2, 0) is 0 Å². The zero-order chi connectivity index (χ0) is 15.0. The number of hydrogen-bond acceptors (Lipinski definition) is 2. The minimum atomic E-state index is -0.227. The van der Waals surface area contributed by atoms with Crippen molar-refractivity contribution < 1.29 is 9.59 Å². The Morgan fingerprint density at radius 3 is 2.15 bits per heavy atom. The second-order valence-electron chi connectivity index (χ2n) is 4.44. The van der Waals surface area contributed by atoms with Crippen molar-refractivity contribution in [1.29, 1.82) is 0 Å². The molecule has 0 atom stereocenters. The highest BCUT2D eigenvalue weighted by atomic mass is 16.2. The maximum Gasteiger partial charge on any atom is 0.319 e. The summed E-state index contributed by atoms with van der Waals surface area (Å²) in [6.45, 7) is 7.92. The van der Waals surface area contributed by atoms with Crippen LogP contribution < -0.4 is 10.6 Å². The fourth-order valence-corrected chi connectivity index (χ4v) is 1.80. The van der Waals surface area contributed by atoms with Gasteiger partial charge in [0.1, 0.15) is 0 Å². The molecule has 0 unspecified atom stereocenters. The highest BCUT2D eigenvalue weighted by Crippen LogP contribution is 2.11. The average Bonchev–Trinajstić information content (AvgIpc) is 2.47. The van der Waals surface area contributed by atoms with Crippen LogP contribution in [0.1, 0.15) is 37.6 Å². The van der Waals surface area contributed by atoms with E-state index in [1.165, 1.54) is 0 Å². The summed E-state index contributed by atoms with van der Waals surface area (Å²) < 4.78 is 0. The topological polar surface area (TPSA) is 61.4 Å². The number of nitrogens with one attached hydrogen (secondary N) is 2. The van der Waals surface area contributed by atoms with Crippen molar-refractivity contribution in [3.05, 3.63) is 29.8 Å². The van der Waals surface area contributed by atoms with Crippen molar-refractivity contribution in [2.45, 2.75) is 27.2 Å². The number of anilines is 1. The van der Waals surface area contributed by atoms with Crippen molar-refractivity contribution in [1.82, 2.24) is 10.2 Å². The van der Waals surface area contributed by atoms with E-state index < -0.39 is 0 Å². The summed E-state index contributed by atoms with van der Waals surface area (Å²) in [5.74, 6) is 0.0111. The largest absolute Gasteiger partial charge is 0.339 e. The van der Waals surface area contributed by atoms with Crippen LogP contribution in [0.25, 0.3) is 0 Å². The molecule has 0 aliphatic carbocycles. The SMILES string of the molecule is CCCNC(=O)Nc1ccc(C(=O)N(CC)CC)cc1. The van der Waals surface area contributed by atoms with Crippen LogP contribution in [0.4, 0.5) is 10.5 Å². The molecule has 0 aliphatic heterocycles. The number of urea groups is 1. The summed E-state index contributed by atoms with van der Waals surface area (Å²) in [4.78, 5) is 25.4. The van der Waals surface area contributed by atoms with Gasteiger partial charge in [-0.3, -0.25) is 4.79 Å². The van der Waals surface area contributed by atoms with E-state index in [9.17, 15) is 9.59 Å². The first-order valence-corrected chi connectivity index (χ1v) is 7.06. The van der Waals surface area contributed by atoms with E-state index in [2.05, 4.69) is 10.6 Å². The Hall–Kier alpha value is -2.04. The minimum absolute atomic E-state index is 0.0111. The molecule has 1 aromatic rings. The van der Waals surface area contributed by atoms with Gasteiger partial charge in [-0.15, -0.1) is 0 Å². The first-order valence-electron chi connectivity index (χ1n) is 7.06. The molecule has 110 valence electrons. The standard InChI is InChI=1S/C15H23N3O2/c1-4-11-16-15(20)17-13-9-7-12(8-10-13)14(19)18(5-2)6-3/h7-10H,4-6,11H2,1-3H3,(H2,16,17,20). The summed E-state index contributed by atoms with van der Waals surface area (Å²) in [6, 6.07) is 6.71. The van der Waals surface area contributed by atoms with E-state index in [4.69, 9.17) is 0 Å². The van der Waals surface area contributed by atoms with Gasteiger partial charge in [-0.05, 0) is 44.5 Å². The van der Waals surface area contributed by atoms with Crippen LogP contribution in [0.2, 0.25) is 0 Å². The van der Waals surface area contributed by atoms with Crippen molar-refractivity contribution in [3.63, 3.8) is 0 Å². The number of benzene rings is 1. The van der Waals surface area contributed by atoms with E-state index in [1.807, 2.05) is 20.8 Å². The van der Waals surface area contributed by atoms with E-state index in [0.29, 0.717) is 30.9 Å². The molecular weight excluding hydrogens is 254 g/mol. The van der Waals surface area contributed by atoms with Gasteiger partial charge in [0, 0.05) is 30.9 Å². The molecule has 1 aromatic carbocycles. The average molecular weight is 277 g/mol. The third kappa shape index (κ3) is 4.57. The van der Waals surface area contributed by atoms with Crippen molar-refractivity contribution in [2.24, 2.45) is 0 Å². The normalized spacial score (nSPS) is 9.95. The molecule has 3 amide bonds. The van der Waals surface area contributed by atoms with Crippen LogP contribution in [0.15, 0.2) is 24.3 Å². The second kappa shape index (κ2) is 8.19. The van der Waals surface area contributed by atoms with Crippen LogP contribution in [0, 0.1) is 0 Å². The Bertz CT molecular complexity index is 439. The first kappa shape index (κ1) is 16.0. The summed E-state index contributed by atoms with van der Waals surface area (Å²) in [7, 11) is 0. The molecule has 5 heteroatoms. The molecule has 0 fully saturated rings. The molecule has 5 nitrogen and oxygen atoms in total. The quantitative estimate of drug-likeness (QED) is 0.839. The lowest BCUT2D eigenvalue weighted by atomic mass is 10.2. The van der Waals surface area contributed by atoms with Gasteiger partial charge in [0.15, 0.2) is 0 Å². The number of amides is 3. The fourth-order valence-electron chi connectivity index (χ4n) is 1.80. The smallest absolute Gasteiger partial charge is 0.319 e. The summed E-state index contributed by atoms with van der Waals surface area (Å²) in [6.07, 6.45) is 0.894. The predicted octanol–water partition coefficient (Wildman–Crippen LogP) is 2.70. The van der Waals surface area contributed by atoms with Crippen LogP contribution in [0.3, 0.4) is 0 Å². The Balaban J connectivity index is 2.64. The van der Waals surface area contributed by atoms with Gasteiger partial charge in [0.2, 0.25) is 0 Å². The van der Waals surface area contributed by atoms with E-state index >= 15 is 0 Å². The molecule has 0 saturated carbocycles. The van der Waals surface area contributed by atoms with Crippen molar-refractivity contribution >= 4 is 17.6 Å². The number of nitrogens with zero attached hydrogens (tertiary/aromatic N) is 1. The van der Waals surface area contributed by atoms with Gasteiger partial charge in [0.25, 0.3) is 5.91 Å². The number of carbonyl (C=O) groups excluding carboxylic acids is 2. The van der Waals surface area contributed by atoms with Gasteiger partial charge < -0.3 is 15.5 Å². The molecule has 0 aromatic heterocycles. The number of rotatable bonds is 6. The molecule has 0 spiro atoms. The van der Waals surface area contributed by atoms with Gasteiger partial charge in [-0.1, -0.05) is 6.92 Å². The highest BCUT2D eigenvalue weighted by Gasteiger charge is 2.12. The number of carbonyl (C=O) groups is 2. The molecule has 2 N–H and O–H groups in total. The zero-order valence-corrected chi connectivity index (χ0v) is 12.4. The Kier molecular flexibility index (Phi) is 6.56. The van der Waals surface area contributed by atoms with E-state index in [1.54, 1.807) is 29.2 Å². The zero-order valence-electron chi connectivity index (χ0n) is 12.4.